The Morgan fingerprint density at radius 3 is 2.76 bits per heavy atom. The van der Waals surface area contributed by atoms with Crippen molar-refractivity contribution in [2.75, 3.05) is 5.32 Å². The first-order valence-corrected chi connectivity index (χ1v) is 6.05. The van der Waals surface area contributed by atoms with Gasteiger partial charge in [-0.3, -0.25) is 4.79 Å². The molecule has 0 aliphatic carbocycles. The summed E-state index contributed by atoms with van der Waals surface area (Å²) in [5.41, 5.74) is 2.09. The molecule has 0 radical (unpaired) electrons. The Morgan fingerprint density at radius 1 is 1.41 bits per heavy atom. The molecule has 88 valence electrons. The maximum absolute atomic E-state index is 11.9. The Kier molecular flexibility index (Phi) is 3.54. The van der Waals surface area contributed by atoms with Crippen LogP contribution in [0.5, 0.6) is 0 Å². The molecular weight excluding hydrogens is 305 g/mol. The monoisotopic (exact) mass is 313 g/mol. The van der Waals surface area contributed by atoms with Crippen LogP contribution in [0.2, 0.25) is 5.02 Å². The minimum absolute atomic E-state index is 0.226. The fourth-order valence-electron chi connectivity index (χ4n) is 1.41. The molecule has 3 nitrogen and oxygen atoms in total. The molecule has 1 aromatic carbocycles. The van der Waals surface area contributed by atoms with Crippen LogP contribution >= 0.6 is 27.5 Å². The van der Waals surface area contributed by atoms with Crippen molar-refractivity contribution < 1.29 is 9.21 Å². The second-order valence-corrected chi connectivity index (χ2v) is 4.68. The van der Waals surface area contributed by atoms with Crippen molar-refractivity contribution in [2.24, 2.45) is 0 Å². The number of hydrogen-bond donors (Lipinski definition) is 1. The molecule has 0 spiro atoms. The van der Waals surface area contributed by atoms with Gasteiger partial charge in [-0.1, -0.05) is 11.6 Å². The van der Waals surface area contributed by atoms with Crippen LogP contribution in [0.15, 0.2) is 39.6 Å². The van der Waals surface area contributed by atoms with Crippen LogP contribution in [0.1, 0.15) is 15.9 Å². The van der Waals surface area contributed by atoms with Crippen molar-refractivity contribution in [1.82, 2.24) is 0 Å². The normalized spacial score (nSPS) is 10.3. The number of rotatable bonds is 2. The molecule has 0 atom stereocenters. The van der Waals surface area contributed by atoms with E-state index in [1.165, 1.54) is 6.26 Å². The summed E-state index contributed by atoms with van der Waals surface area (Å²) in [5.74, 6) is -0.226. The molecule has 2 rings (SSSR count). The summed E-state index contributed by atoms with van der Waals surface area (Å²) < 4.78 is 5.43. The zero-order valence-electron chi connectivity index (χ0n) is 8.96. The topological polar surface area (TPSA) is 42.2 Å². The quantitative estimate of drug-likeness (QED) is 0.900. The van der Waals surface area contributed by atoms with Crippen molar-refractivity contribution >= 4 is 39.1 Å². The van der Waals surface area contributed by atoms with E-state index in [0.717, 1.165) is 11.3 Å². The van der Waals surface area contributed by atoms with Gasteiger partial charge >= 0.3 is 0 Å². The average Bonchev–Trinajstić information content (AvgIpc) is 2.68. The minimum Gasteiger partial charge on any atom is -0.457 e. The molecule has 0 bridgehead atoms. The number of benzene rings is 1. The SMILES string of the molecule is Cc1cc(Cl)ccc1NC(=O)c1ccoc1Br. The maximum atomic E-state index is 11.9. The van der Waals surface area contributed by atoms with Crippen LogP contribution in [-0.2, 0) is 0 Å². The highest BCUT2D eigenvalue weighted by Gasteiger charge is 2.13. The maximum Gasteiger partial charge on any atom is 0.260 e. The summed E-state index contributed by atoms with van der Waals surface area (Å²) in [4.78, 5) is 11.9. The van der Waals surface area contributed by atoms with E-state index in [1.807, 2.05) is 6.92 Å². The molecular formula is C12H9BrClNO2. The van der Waals surface area contributed by atoms with Gasteiger partial charge in [0.05, 0.1) is 11.8 Å². The molecule has 0 saturated carbocycles. The van der Waals surface area contributed by atoms with E-state index in [1.54, 1.807) is 24.3 Å². The van der Waals surface area contributed by atoms with Gasteiger partial charge in [-0.2, -0.15) is 0 Å². The van der Waals surface area contributed by atoms with Crippen molar-refractivity contribution in [3.05, 3.63) is 51.3 Å². The van der Waals surface area contributed by atoms with Crippen LogP contribution in [-0.4, -0.2) is 5.91 Å². The summed E-state index contributed by atoms with van der Waals surface area (Å²) in [5, 5.41) is 3.44. The minimum atomic E-state index is -0.226. The predicted molar refractivity (Wildman–Crippen MR) is 70.6 cm³/mol. The lowest BCUT2D eigenvalue weighted by molar-refractivity contribution is 0.102. The highest BCUT2D eigenvalue weighted by molar-refractivity contribution is 9.10. The van der Waals surface area contributed by atoms with Gasteiger partial charge < -0.3 is 9.73 Å². The van der Waals surface area contributed by atoms with Gasteiger partial charge in [0.1, 0.15) is 0 Å². The second kappa shape index (κ2) is 4.94. The van der Waals surface area contributed by atoms with Crippen LogP contribution < -0.4 is 5.32 Å². The van der Waals surface area contributed by atoms with E-state index in [-0.39, 0.29) is 5.91 Å². The highest BCUT2D eigenvalue weighted by atomic mass is 79.9. The Balaban J connectivity index is 2.22. The largest absolute Gasteiger partial charge is 0.457 e. The summed E-state index contributed by atoms with van der Waals surface area (Å²) in [6.45, 7) is 1.88. The van der Waals surface area contributed by atoms with Crippen LogP contribution in [0.4, 0.5) is 5.69 Å². The fraction of sp³-hybridized carbons (Fsp3) is 0.0833. The first kappa shape index (κ1) is 12.2. The smallest absolute Gasteiger partial charge is 0.260 e. The van der Waals surface area contributed by atoms with E-state index >= 15 is 0 Å². The van der Waals surface area contributed by atoms with Gasteiger partial charge in [0.25, 0.3) is 5.91 Å². The number of nitrogens with one attached hydrogen (secondary N) is 1. The molecule has 0 unspecified atom stereocenters. The van der Waals surface area contributed by atoms with E-state index in [9.17, 15) is 4.79 Å². The van der Waals surface area contributed by atoms with Crippen molar-refractivity contribution in [2.45, 2.75) is 6.92 Å². The third-order valence-electron chi connectivity index (χ3n) is 2.30. The first-order valence-electron chi connectivity index (χ1n) is 4.88. The zero-order valence-corrected chi connectivity index (χ0v) is 11.3. The molecule has 0 aliphatic rings. The van der Waals surface area contributed by atoms with E-state index in [2.05, 4.69) is 21.2 Å². The van der Waals surface area contributed by atoms with E-state index < -0.39 is 0 Å². The van der Waals surface area contributed by atoms with Crippen LogP contribution in [0, 0.1) is 6.92 Å². The molecule has 0 saturated heterocycles. The van der Waals surface area contributed by atoms with E-state index in [4.69, 9.17) is 16.0 Å². The highest BCUT2D eigenvalue weighted by Crippen LogP contribution is 2.22. The number of carbonyl (C=O) groups is 1. The molecule has 1 amide bonds. The van der Waals surface area contributed by atoms with Crippen molar-refractivity contribution in [1.29, 1.82) is 0 Å². The first-order chi connectivity index (χ1) is 8.08. The lowest BCUT2D eigenvalue weighted by Gasteiger charge is -2.07. The van der Waals surface area contributed by atoms with Gasteiger partial charge in [-0.15, -0.1) is 0 Å². The number of amides is 1. The molecule has 1 heterocycles. The van der Waals surface area contributed by atoms with Crippen LogP contribution in [0.3, 0.4) is 0 Å². The van der Waals surface area contributed by atoms with Gasteiger partial charge in [-0.05, 0) is 52.7 Å². The van der Waals surface area contributed by atoms with Crippen molar-refractivity contribution in [3.63, 3.8) is 0 Å². The molecule has 0 aliphatic heterocycles. The van der Waals surface area contributed by atoms with Gasteiger partial charge in [0.2, 0.25) is 0 Å². The summed E-state index contributed by atoms with van der Waals surface area (Å²) in [6, 6.07) is 6.89. The standard InChI is InChI=1S/C12H9BrClNO2/c1-7-6-8(14)2-3-10(7)15-12(16)9-4-5-17-11(9)13/h2-6H,1H3,(H,15,16). The number of hydrogen-bond acceptors (Lipinski definition) is 2. The fourth-order valence-corrected chi connectivity index (χ4v) is 2.06. The lowest BCUT2D eigenvalue weighted by Crippen LogP contribution is -2.12. The molecule has 1 aromatic heterocycles. The third-order valence-corrected chi connectivity index (χ3v) is 3.15. The van der Waals surface area contributed by atoms with Crippen LogP contribution in [0.25, 0.3) is 0 Å². The number of furan rings is 1. The number of carbonyl (C=O) groups excluding carboxylic acids is 1. The van der Waals surface area contributed by atoms with E-state index in [0.29, 0.717) is 15.3 Å². The van der Waals surface area contributed by atoms with Crippen molar-refractivity contribution in [3.8, 4) is 0 Å². The Bertz CT molecular complexity index is 565. The predicted octanol–water partition coefficient (Wildman–Crippen LogP) is 4.26. The number of anilines is 1. The van der Waals surface area contributed by atoms with Gasteiger partial charge in [0, 0.05) is 10.7 Å². The Morgan fingerprint density at radius 2 is 2.18 bits per heavy atom. The summed E-state index contributed by atoms with van der Waals surface area (Å²) in [7, 11) is 0. The number of halogens is 2. The molecule has 5 heteroatoms. The van der Waals surface area contributed by atoms with Gasteiger partial charge in [0.15, 0.2) is 4.67 Å². The number of aryl methyl sites for hydroxylation is 1. The summed E-state index contributed by atoms with van der Waals surface area (Å²) in [6.07, 6.45) is 1.45. The molecule has 0 fully saturated rings. The second-order valence-electron chi connectivity index (χ2n) is 3.52. The lowest BCUT2D eigenvalue weighted by atomic mass is 10.2. The molecule has 1 N–H and O–H groups in total. The summed E-state index contributed by atoms with van der Waals surface area (Å²) >= 11 is 9.00. The molecule has 2 aromatic rings. The average molecular weight is 315 g/mol. The van der Waals surface area contributed by atoms with Gasteiger partial charge in [-0.25, -0.2) is 0 Å². The third kappa shape index (κ3) is 2.70. The Labute approximate surface area is 112 Å². The Hall–Kier alpha value is -1.26. The molecule has 17 heavy (non-hydrogen) atoms. The zero-order chi connectivity index (χ0) is 12.4.